The Kier molecular flexibility index (Phi) is 3.35. The van der Waals surface area contributed by atoms with Crippen LogP contribution in [-0.4, -0.2) is 19.3 Å². The molecule has 2 atom stereocenters. The predicted octanol–water partition coefficient (Wildman–Crippen LogP) is 2.82. The van der Waals surface area contributed by atoms with Gasteiger partial charge in [0, 0.05) is 18.6 Å². The third kappa shape index (κ3) is 2.41. The summed E-state index contributed by atoms with van der Waals surface area (Å²) in [5.74, 6) is 0.538. The van der Waals surface area contributed by atoms with Gasteiger partial charge in [0.15, 0.2) is 0 Å². The van der Waals surface area contributed by atoms with Gasteiger partial charge in [-0.3, -0.25) is 0 Å². The van der Waals surface area contributed by atoms with Gasteiger partial charge in [0.1, 0.15) is 5.82 Å². The van der Waals surface area contributed by atoms with Crippen LogP contribution in [-0.2, 0) is 11.2 Å². The first kappa shape index (κ1) is 13.1. The van der Waals surface area contributed by atoms with E-state index in [9.17, 15) is 4.39 Å². The molecule has 1 heterocycles. The Hall–Kier alpha value is -0.930. The Bertz CT molecular complexity index is 472. The minimum atomic E-state index is -0.163. The van der Waals surface area contributed by atoms with E-state index in [0.29, 0.717) is 18.6 Å². The highest BCUT2D eigenvalue weighted by atomic mass is 19.1. The maximum atomic E-state index is 13.2. The average molecular weight is 263 g/mol. The van der Waals surface area contributed by atoms with Crippen LogP contribution in [0.25, 0.3) is 0 Å². The zero-order valence-electron chi connectivity index (χ0n) is 11.5. The molecule has 1 saturated heterocycles. The molecule has 2 nitrogen and oxygen atoms in total. The number of benzene rings is 1. The maximum absolute atomic E-state index is 13.2. The van der Waals surface area contributed by atoms with Crippen LogP contribution in [0.2, 0.25) is 0 Å². The molecule has 3 heteroatoms. The largest absolute Gasteiger partial charge is 0.377 e. The quantitative estimate of drug-likeness (QED) is 0.906. The number of nitrogens with two attached hydrogens (primary N) is 1. The summed E-state index contributed by atoms with van der Waals surface area (Å²) in [6.07, 6.45) is 4.80. The van der Waals surface area contributed by atoms with Gasteiger partial charge in [-0.25, -0.2) is 4.39 Å². The number of ether oxygens (including phenoxy) is 1. The van der Waals surface area contributed by atoms with Crippen LogP contribution in [0.5, 0.6) is 0 Å². The number of rotatable bonds is 4. The fraction of sp³-hybridized carbons (Fsp3) is 0.625. The molecule has 1 aromatic rings. The number of aryl methyl sites for hydroxylation is 1. The Morgan fingerprint density at radius 2 is 2.21 bits per heavy atom. The Morgan fingerprint density at radius 3 is 2.84 bits per heavy atom. The fourth-order valence-electron chi connectivity index (χ4n) is 3.46. The molecule has 0 spiro atoms. The van der Waals surface area contributed by atoms with Gasteiger partial charge in [-0.2, -0.15) is 0 Å². The topological polar surface area (TPSA) is 35.2 Å². The van der Waals surface area contributed by atoms with Gasteiger partial charge < -0.3 is 10.5 Å². The maximum Gasteiger partial charge on any atom is 0.123 e. The number of hydrogen-bond acceptors (Lipinski definition) is 2. The van der Waals surface area contributed by atoms with E-state index >= 15 is 0 Å². The lowest BCUT2D eigenvalue weighted by atomic mass is 9.73. The van der Waals surface area contributed by atoms with Gasteiger partial charge in [0.05, 0.1) is 6.10 Å². The van der Waals surface area contributed by atoms with Crippen molar-refractivity contribution in [3.05, 3.63) is 35.1 Å². The lowest BCUT2D eigenvalue weighted by Crippen LogP contribution is -2.41. The molecule has 1 aliphatic carbocycles. The Balaban J connectivity index is 1.85. The smallest absolute Gasteiger partial charge is 0.123 e. The highest BCUT2D eigenvalue weighted by Gasteiger charge is 2.50. The van der Waals surface area contributed by atoms with Crippen molar-refractivity contribution in [2.24, 2.45) is 17.1 Å². The summed E-state index contributed by atoms with van der Waals surface area (Å²) in [4.78, 5) is 0. The van der Waals surface area contributed by atoms with E-state index in [1.165, 1.54) is 18.4 Å². The van der Waals surface area contributed by atoms with Crippen molar-refractivity contribution in [3.63, 3.8) is 0 Å². The molecule has 2 unspecified atom stereocenters. The summed E-state index contributed by atoms with van der Waals surface area (Å²) >= 11 is 0. The summed E-state index contributed by atoms with van der Waals surface area (Å²) in [5.41, 5.74) is 8.39. The van der Waals surface area contributed by atoms with Crippen molar-refractivity contribution >= 4 is 0 Å². The van der Waals surface area contributed by atoms with Crippen LogP contribution in [0.3, 0.4) is 0 Å². The van der Waals surface area contributed by atoms with E-state index in [1.54, 1.807) is 12.1 Å². The van der Waals surface area contributed by atoms with Crippen LogP contribution in [0.1, 0.15) is 30.4 Å². The number of halogens is 1. The van der Waals surface area contributed by atoms with E-state index in [1.807, 2.05) is 13.0 Å². The SMILES string of the molecule is Cc1cc(F)ccc1CC1(CN)CCOC1C1CC1. The molecule has 3 rings (SSSR count). The van der Waals surface area contributed by atoms with Crippen LogP contribution in [0.4, 0.5) is 4.39 Å². The molecule has 0 aromatic heterocycles. The third-order valence-electron chi connectivity index (χ3n) is 4.80. The van der Waals surface area contributed by atoms with Gasteiger partial charge in [0.2, 0.25) is 0 Å². The minimum Gasteiger partial charge on any atom is -0.377 e. The Labute approximate surface area is 114 Å². The molecule has 1 aliphatic heterocycles. The highest BCUT2D eigenvalue weighted by molar-refractivity contribution is 5.28. The Morgan fingerprint density at radius 1 is 1.42 bits per heavy atom. The molecular weight excluding hydrogens is 241 g/mol. The highest BCUT2D eigenvalue weighted by Crippen LogP contribution is 2.49. The molecular formula is C16H22FNO. The third-order valence-corrected chi connectivity index (χ3v) is 4.80. The van der Waals surface area contributed by atoms with E-state index in [2.05, 4.69) is 0 Å². The van der Waals surface area contributed by atoms with E-state index in [-0.39, 0.29) is 11.2 Å². The average Bonchev–Trinajstić information content (AvgIpc) is 3.15. The van der Waals surface area contributed by atoms with Gasteiger partial charge in [0.25, 0.3) is 0 Å². The summed E-state index contributed by atoms with van der Waals surface area (Å²) in [7, 11) is 0. The molecule has 0 radical (unpaired) electrons. The summed E-state index contributed by atoms with van der Waals surface area (Å²) in [5, 5.41) is 0. The van der Waals surface area contributed by atoms with Crippen molar-refractivity contribution in [2.45, 2.75) is 38.7 Å². The zero-order chi connectivity index (χ0) is 13.5. The lowest BCUT2D eigenvalue weighted by Gasteiger charge is -2.33. The van der Waals surface area contributed by atoms with Crippen LogP contribution in [0.15, 0.2) is 18.2 Å². The van der Waals surface area contributed by atoms with Crippen molar-refractivity contribution in [2.75, 3.05) is 13.2 Å². The second-order valence-electron chi connectivity index (χ2n) is 6.19. The normalized spacial score (nSPS) is 30.8. The molecule has 1 aromatic carbocycles. The zero-order valence-corrected chi connectivity index (χ0v) is 11.5. The predicted molar refractivity (Wildman–Crippen MR) is 73.4 cm³/mol. The van der Waals surface area contributed by atoms with E-state index in [4.69, 9.17) is 10.5 Å². The first-order chi connectivity index (χ1) is 9.14. The molecule has 1 saturated carbocycles. The van der Waals surface area contributed by atoms with Gasteiger partial charge in [-0.1, -0.05) is 6.07 Å². The van der Waals surface area contributed by atoms with Crippen molar-refractivity contribution < 1.29 is 9.13 Å². The number of hydrogen-bond donors (Lipinski definition) is 1. The fourth-order valence-corrected chi connectivity index (χ4v) is 3.46. The molecule has 2 N–H and O–H groups in total. The standard InChI is InChI=1S/C16H22FNO/c1-11-8-14(17)5-4-13(11)9-16(10-18)6-7-19-15(16)12-2-3-12/h4-5,8,12,15H,2-3,6-7,9-10,18H2,1H3. The second-order valence-corrected chi connectivity index (χ2v) is 6.19. The van der Waals surface area contributed by atoms with Gasteiger partial charge in [-0.15, -0.1) is 0 Å². The second kappa shape index (κ2) is 4.88. The molecule has 2 aliphatic rings. The molecule has 0 bridgehead atoms. The molecule has 2 fully saturated rings. The van der Waals surface area contributed by atoms with E-state index < -0.39 is 0 Å². The van der Waals surface area contributed by atoms with Crippen LogP contribution in [0, 0.1) is 24.1 Å². The molecule has 19 heavy (non-hydrogen) atoms. The van der Waals surface area contributed by atoms with Crippen molar-refractivity contribution in [3.8, 4) is 0 Å². The monoisotopic (exact) mass is 263 g/mol. The molecule has 104 valence electrons. The van der Waals surface area contributed by atoms with Gasteiger partial charge in [-0.05, 0) is 61.8 Å². The van der Waals surface area contributed by atoms with Gasteiger partial charge >= 0.3 is 0 Å². The summed E-state index contributed by atoms with van der Waals surface area (Å²) in [6.45, 7) is 3.45. The molecule has 0 amide bonds. The van der Waals surface area contributed by atoms with Crippen molar-refractivity contribution in [1.29, 1.82) is 0 Å². The minimum absolute atomic E-state index is 0.0593. The lowest BCUT2D eigenvalue weighted by molar-refractivity contribution is 0.0344. The first-order valence-corrected chi connectivity index (χ1v) is 7.21. The van der Waals surface area contributed by atoms with Crippen LogP contribution >= 0.6 is 0 Å². The summed E-state index contributed by atoms with van der Waals surface area (Å²) < 4.78 is 19.2. The van der Waals surface area contributed by atoms with E-state index in [0.717, 1.165) is 25.0 Å². The van der Waals surface area contributed by atoms with Crippen molar-refractivity contribution in [1.82, 2.24) is 0 Å². The summed E-state index contributed by atoms with van der Waals surface area (Å²) in [6, 6.07) is 5.07. The first-order valence-electron chi connectivity index (χ1n) is 7.21. The van der Waals surface area contributed by atoms with Crippen LogP contribution < -0.4 is 5.73 Å².